The summed E-state index contributed by atoms with van der Waals surface area (Å²) in [5, 5.41) is 8.28. The zero-order valence-corrected chi connectivity index (χ0v) is 22.5. The van der Waals surface area contributed by atoms with Crippen LogP contribution in [0.5, 0.6) is 5.75 Å². The Labute approximate surface area is 225 Å². The fourth-order valence-corrected chi connectivity index (χ4v) is 5.09. The first-order valence-electron chi connectivity index (χ1n) is 12.8. The second-order valence-corrected chi connectivity index (χ2v) is 9.86. The zero-order valence-electron chi connectivity index (χ0n) is 22.5. The van der Waals surface area contributed by atoms with Crippen LogP contribution in [0.4, 0.5) is 4.39 Å². The van der Waals surface area contributed by atoms with Crippen molar-refractivity contribution in [1.29, 1.82) is 0 Å². The Morgan fingerprint density at radius 1 is 1.21 bits per heavy atom. The number of halogens is 1. The van der Waals surface area contributed by atoms with Crippen molar-refractivity contribution in [3.63, 3.8) is 0 Å². The van der Waals surface area contributed by atoms with E-state index in [2.05, 4.69) is 15.3 Å². The molecule has 0 bridgehead atoms. The number of carbonyl (C=O) groups is 2. The molecule has 0 spiro atoms. The monoisotopic (exact) mass is 530 g/mol. The van der Waals surface area contributed by atoms with E-state index in [4.69, 9.17) is 4.74 Å². The van der Waals surface area contributed by atoms with Gasteiger partial charge in [0.2, 0.25) is 5.91 Å². The third-order valence-electron chi connectivity index (χ3n) is 7.09. The summed E-state index contributed by atoms with van der Waals surface area (Å²) in [6.07, 6.45) is 6.16. The van der Waals surface area contributed by atoms with Gasteiger partial charge in [0.15, 0.2) is 5.82 Å². The van der Waals surface area contributed by atoms with E-state index in [-0.39, 0.29) is 30.3 Å². The molecular weight excluding hydrogens is 499 g/mol. The summed E-state index contributed by atoms with van der Waals surface area (Å²) in [6, 6.07) is 9.26. The van der Waals surface area contributed by atoms with Gasteiger partial charge in [0, 0.05) is 56.3 Å². The number of aromatic amines is 1. The summed E-state index contributed by atoms with van der Waals surface area (Å²) in [7, 11) is 4.91. The first-order valence-corrected chi connectivity index (χ1v) is 12.8. The summed E-state index contributed by atoms with van der Waals surface area (Å²) in [6.45, 7) is 3.25. The Kier molecular flexibility index (Phi) is 7.19. The second kappa shape index (κ2) is 10.7. The minimum Gasteiger partial charge on any atom is -0.496 e. The summed E-state index contributed by atoms with van der Waals surface area (Å²) >= 11 is 0. The highest BCUT2D eigenvalue weighted by Gasteiger charge is 2.26. The first kappa shape index (κ1) is 26.1. The van der Waals surface area contributed by atoms with E-state index in [1.54, 1.807) is 49.2 Å². The molecule has 1 aliphatic rings. The molecule has 1 aliphatic heterocycles. The molecule has 0 aliphatic carbocycles. The van der Waals surface area contributed by atoms with Crippen molar-refractivity contribution in [1.82, 2.24) is 29.8 Å². The number of nitrogens with zero attached hydrogens (tertiary/aromatic N) is 5. The minimum absolute atomic E-state index is 0.0304. The number of fused-ring (bicyclic) bond motifs is 1. The predicted molar refractivity (Wildman–Crippen MR) is 147 cm³/mol. The summed E-state index contributed by atoms with van der Waals surface area (Å²) in [5.74, 6) is -0.0895. The number of nitrogens with one attached hydrogen (secondary N) is 1. The van der Waals surface area contributed by atoms with Crippen LogP contribution in [-0.4, -0.2) is 75.9 Å². The number of amides is 2. The average Bonchev–Trinajstić information content (AvgIpc) is 3.62. The number of carbonyl (C=O) groups excluding carboxylic acids is 2. The lowest BCUT2D eigenvalue weighted by molar-refractivity contribution is -0.131. The van der Waals surface area contributed by atoms with Gasteiger partial charge in [-0.1, -0.05) is 23.4 Å². The third-order valence-corrected chi connectivity index (χ3v) is 7.09. The highest BCUT2D eigenvalue weighted by molar-refractivity contribution is 6.05. The molecule has 3 heterocycles. The smallest absolute Gasteiger partial charge is 0.269 e. The van der Waals surface area contributed by atoms with E-state index in [0.717, 1.165) is 22.3 Å². The Morgan fingerprint density at radius 3 is 2.74 bits per heavy atom. The molecular formula is C29H31FN6O3. The largest absolute Gasteiger partial charge is 0.496 e. The topological polar surface area (TPSA) is 96.3 Å². The van der Waals surface area contributed by atoms with Gasteiger partial charge in [0.25, 0.3) is 5.91 Å². The van der Waals surface area contributed by atoms with Crippen molar-refractivity contribution >= 4 is 28.3 Å². The number of aromatic nitrogens is 4. The Morgan fingerprint density at radius 2 is 2.03 bits per heavy atom. The van der Waals surface area contributed by atoms with E-state index in [1.165, 1.54) is 4.90 Å². The lowest BCUT2D eigenvalue weighted by Gasteiger charge is -2.28. The number of ether oxygens (including phenoxy) is 1. The van der Waals surface area contributed by atoms with Gasteiger partial charge >= 0.3 is 0 Å². The molecule has 0 saturated heterocycles. The molecule has 0 saturated carbocycles. The number of hydrogen-bond donors (Lipinski definition) is 1. The normalized spacial score (nSPS) is 13.5. The van der Waals surface area contributed by atoms with Gasteiger partial charge in [-0.3, -0.25) is 14.3 Å². The highest BCUT2D eigenvalue weighted by Crippen LogP contribution is 2.41. The molecule has 0 radical (unpaired) electrons. The van der Waals surface area contributed by atoms with Crippen LogP contribution >= 0.6 is 0 Å². The molecule has 0 atom stereocenters. The van der Waals surface area contributed by atoms with Crippen LogP contribution < -0.4 is 4.74 Å². The molecule has 9 nitrogen and oxygen atoms in total. The average molecular weight is 531 g/mol. The van der Waals surface area contributed by atoms with E-state index < -0.39 is 5.82 Å². The fraction of sp³-hybridized carbons (Fsp3) is 0.310. The lowest BCUT2D eigenvalue weighted by Crippen LogP contribution is -2.36. The van der Waals surface area contributed by atoms with Crippen molar-refractivity contribution in [3.05, 3.63) is 71.4 Å². The van der Waals surface area contributed by atoms with Gasteiger partial charge in [-0.2, -0.15) is 0 Å². The van der Waals surface area contributed by atoms with Gasteiger partial charge in [-0.05, 0) is 48.2 Å². The standard InChI is InChI=1S/C29H31FN6O3/c1-18-7-5-9-24(39-4)26(18)21-15-20(27(30)28-22(21)16-23(32-28)29(38)34(2)3)19-8-6-12-35(17-19)25(37)10-13-36-14-11-31-33-36/h5,7-9,11,14-16,32H,6,10,12-13,17H2,1-4H3. The number of aryl methyl sites for hydroxylation is 2. The van der Waals surface area contributed by atoms with Gasteiger partial charge in [-0.25, -0.2) is 4.39 Å². The lowest BCUT2D eigenvalue weighted by atomic mass is 9.91. The predicted octanol–water partition coefficient (Wildman–Crippen LogP) is 4.29. The first-order chi connectivity index (χ1) is 18.8. The van der Waals surface area contributed by atoms with Gasteiger partial charge in [0.1, 0.15) is 11.4 Å². The Bertz CT molecular complexity index is 1570. The van der Waals surface area contributed by atoms with Crippen LogP contribution in [0.25, 0.3) is 27.6 Å². The van der Waals surface area contributed by atoms with Crippen molar-refractivity contribution in [3.8, 4) is 16.9 Å². The van der Waals surface area contributed by atoms with Crippen molar-refractivity contribution in [2.45, 2.75) is 26.3 Å². The summed E-state index contributed by atoms with van der Waals surface area (Å²) in [5.41, 5.74) is 4.18. The molecule has 4 aromatic rings. The highest BCUT2D eigenvalue weighted by atomic mass is 19.1. The molecule has 1 N–H and O–H groups in total. The number of benzene rings is 2. The maximum Gasteiger partial charge on any atom is 0.269 e. The third kappa shape index (κ3) is 5.01. The van der Waals surface area contributed by atoms with Crippen LogP contribution in [0, 0.1) is 12.7 Å². The number of H-pyrrole nitrogens is 1. The number of hydrogen-bond acceptors (Lipinski definition) is 5. The molecule has 2 amide bonds. The van der Waals surface area contributed by atoms with E-state index in [0.29, 0.717) is 41.9 Å². The van der Waals surface area contributed by atoms with Crippen LogP contribution in [0.1, 0.15) is 34.5 Å². The Hall–Kier alpha value is -4.47. The van der Waals surface area contributed by atoms with Crippen LogP contribution in [0.2, 0.25) is 0 Å². The second-order valence-electron chi connectivity index (χ2n) is 9.86. The maximum absolute atomic E-state index is 16.2. The van der Waals surface area contributed by atoms with E-state index in [1.807, 2.05) is 37.3 Å². The zero-order chi connectivity index (χ0) is 27.7. The van der Waals surface area contributed by atoms with Gasteiger partial charge < -0.3 is 19.5 Å². The van der Waals surface area contributed by atoms with Crippen molar-refractivity contribution < 1.29 is 18.7 Å². The van der Waals surface area contributed by atoms with Gasteiger partial charge in [-0.15, -0.1) is 5.10 Å². The molecule has 2 aromatic carbocycles. The Balaban J connectivity index is 1.58. The quantitative estimate of drug-likeness (QED) is 0.385. The van der Waals surface area contributed by atoms with Gasteiger partial charge in [0.05, 0.1) is 25.4 Å². The molecule has 202 valence electrons. The summed E-state index contributed by atoms with van der Waals surface area (Å²) in [4.78, 5) is 32.0. The fourth-order valence-electron chi connectivity index (χ4n) is 5.09. The van der Waals surface area contributed by atoms with Crippen LogP contribution in [0.15, 0.2) is 48.8 Å². The van der Waals surface area contributed by atoms with Crippen molar-refractivity contribution in [2.75, 3.05) is 34.3 Å². The van der Waals surface area contributed by atoms with Crippen molar-refractivity contribution in [2.24, 2.45) is 0 Å². The molecule has 5 rings (SSSR count). The number of methoxy groups -OCH3 is 1. The molecule has 0 fully saturated rings. The number of rotatable bonds is 7. The molecule has 39 heavy (non-hydrogen) atoms. The molecule has 10 heteroatoms. The maximum atomic E-state index is 16.2. The molecule has 2 aromatic heterocycles. The minimum atomic E-state index is -0.456. The SMILES string of the molecule is COc1cccc(C)c1-c1cc(C2=CCCN(C(=O)CCn3ccnn3)C2)c(F)c2[nH]c(C(=O)N(C)C)cc12. The molecule has 0 unspecified atom stereocenters. The van der Waals surface area contributed by atoms with Crippen LogP contribution in [0.3, 0.4) is 0 Å². The van der Waals surface area contributed by atoms with E-state index >= 15 is 4.39 Å². The van der Waals surface area contributed by atoms with Crippen LogP contribution in [-0.2, 0) is 11.3 Å². The summed E-state index contributed by atoms with van der Waals surface area (Å²) < 4.78 is 23.5. The van der Waals surface area contributed by atoms with E-state index in [9.17, 15) is 9.59 Å².